The van der Waals surface area contributed by atoms with Crippen molar-refractivity contribution in [3.63, 3.8) is 0 Å². The average molecular weight is 299 g/mol. The van der Waals surface area contributed by atoms with Gasteiger partial charge in [-0.15, -0.1) is 0 Å². The van der Waals surface area contributed by atoms with Crippen LogP contribution in [0.15, 0.2) is 6.07 Å². The molecule has 4 nitrogen and oxygen atoms in total. The van der Waals surface area contributed by atoms with Gasteiger partial charge in [0.15, 0.2) is 0 Å². The van der Waals surface area contributed by atoms with E-state index in [9.17, 15) is 0 Å². The second-order valence-electron chi connectivity index (χ2n) is 4.90. The lowest BCUT2D eigenvalue weighted by molar-refractivity contribution is 0.298. The Morgan fingerprint density at radius 3 is 2.55 bits per heavy atom. The van der Waals surface area contributed by atoms with Gasteiger partial charge in [0.05, 0.1) is 0 Å². The van der Waals surface area contributed by atoms with E-state index in [1.807, 2.05) is 0 Å². The Morgan fingerprint density at radius 2 is 1.90 bits per heavy atom. The molecule has 1 N–H and O–H groups in total. The maximum absolute atomic E-state index is 6.01. The summed E-state index contributed by atoms with van der Waals surface area (Å²) in [5.41, 5.74) is 0. The molecule has 0 unspecified atom stereocenters. The summed E-state index contributed by atoms with van der Waals surface area (Å²) >= 11 is 6.01. The molecule has 0 spiro atoms. The van der Waals surface area contributed by atoms with E-state index in [1.165, 1.54) is 13.0 Å². The summed E-state index contributed by atoms with van der Waals surface area (Å²) < 4.78 is 0. The van der Waals surface area contributed by atoms with Gasteiger partial charge >= 0.3 is 0 Å². The van der Waals surface area contributed by atoms with Crippen molar-refractivity contribution in [3.05, 3.63) is 17.0 Å². The molecular weight excluding hydrogens is 272 g/mol. The first-order valence-corrected chi connectivity index (χ1v) is 8.07. The van der Waals surface area contributed by atoms with Crippen molar-refractivity contribution < 1.29 is 0 Å². The highest BCUT2D eigenvalue weighted by Crippen LogP contribution is 2.12. The minimum absolute atomic E-state index is 0.522. The zero-order valence-electron chi connectivity index (χ0n) is 13.0. The van der Waals surface area contributed by atoms with Crippen molar-refractivity contribution in [3.8, 4) is 0 Å². The summed E-state index contributed by atoms with van der Waals surface area (Å²) in [6.07, 6.45) is 4.25. The highest BCUT2D eigenvalue weighted by molar-refractivity contribution is 6.29. The number of hydrogen-bond acceptors (Lipinski definition) is 4. The van der Waals surface area contributed by atoms with Crippen LogP contribution in [-0.4, -0.2) is 41.0 Å². The number of nitrogens with zero attached hydrogens (tertiary/aromatic N) is 3. The van der Waals surface area contributed by atoms with Crippen LogP contribution in [0, 0.1) is 0 Å². The number of unbranched alkanes of at least 4 members (excludes halogenated alkanes) is 1. The van der Waals surface area contributed by atoms with Crippen LogP contribution in [0.2, 0.25) is 5.15 Å². The molecule has 0 radical (unpaired) electrons. The third-order valence-electron chi connectivity index (χ3n) is 3.32. The lowest BCUT2D eigenvalue weighted by Crippen LogP contribution is -2.24. The molecule has 1 heterocycles. The van der Waals surface area contributed by atoms with Crippen LogP contribution in [0.25, 0.3) is 0 Å². The normalized spacial score (nSPS) is 11.1. The SMILES string of the molecule is CCCc1nc(Cl)cc(NCCCCN(CC)CC)n1. The van der Waals surface area contributed by atoms with Gasteiger partial charge in [-0.3, -0.25) is 0 Å². The fraction of sp³-hybridized carbons (Fsp3) is 0.733. The van der Waals surface area contributed by atoms with Crippen molar-refractivity contribution in [2.75, 3.05) is 31.5 Å². The Bertz CT molecular complexity index is 380. The second kappa shape index (κ2) is 9.94. The molecule has 0 aliphatic carbocycles. The van der Waals surface area contributed by atoms with Gasteiger partial charge in [-0.2, -0.15) is 0 Å². The van der Waals surface area contributed by atoms with E-state index in [0.29, 0.717) is 5.15 Å². The van der Waals surface area contributed by atoms with Gasteiger partial charge in [0.25, 0.3) is 0 Å². The molecule has 1 rings (SSSR count). The number of aromatic nitrogens is 2. The van der Waals surface area contributed by atoms with Crippen LogP contribution in [0.4, 0.5) is 5.82 Å². The maximum Gasteiger partial charge on any atom is 0.134 e. The Labute approximate surface area is 127 Å². The highest BCUT2D eigenvalue weighted by Gasteiger charge is 2.03. The molecule has 20 heavy (non-hydrogen) atoms. The van der Waals surface area contributed by atoms with Crippen LogP contribution in [0.3, 0.4) is 0 Å². The van der Waals surface area contributed by atoms with Crippen molar-refractivity contribution in [1.29, 1.82) is 0 Å². The summed E-state index contributed by atoms with van der Waals surface area (Å²) in [6, 6.07) is 1.80. The number of rotatable bonds is 10. The molecule has 1 aromatic rings. The molecule has 0 bridgehead atoms. The quantitative estimate of drug-likeness (QED) is 0.529. The molecule has 0 fully saturated rings. The first kappa shape index (κ1) is 17.2. The number of aryl methyl sites for hydroxylation is 1. The van der Waals surface area contributed by atoms with E-state index in [2.05, 4.69) is 41.0 Å². The van der Waals surface area contributed by atoms with E-state index < -0.39 is 0 Å². The predicted molar refractivity (Wildman–Crippen MR) is 86.5 cm³/mol. The zero-order valence-corrected chi connectivity index (χ0v) is 13.7. The second-order valence-corrected chi connectivity index (χ2v) is 5.29. The van der Waals surface area contributed by atoms with Crippen LogP contribution in [0.1, 0.15) is 45.9 Å². The van der Waals surface area contributed by atoms with Crippen molar-refractivity contribution >= 4 is 17.4 Å². The average Bonchev–Trinajstić information content (AvgIpc) is 2.42. The van der Waals surface area contributed by atoms with Gasteiger partial charge in [0, 0.05) is 19.0 Å². The number of nitrogens with one attached hydrogen (secondary N) is 1. The van der Waals surface area contributed by atoms with Gasteiger partial charge in [0.2, 0.25) is 0 Å². The topological polar surface area (TPSA) is 41.1 Å². The minimum Gasteiger partial charge on any atom is -0.370 e. The van der Waals surface area contributed by atoms with Crippen LogP contribution >= 0.6 is 11.6 Å². The van der Waals surface area contributed by atoms with Crippen molar-refractivity contribution in [1.82, 2.24) is 14.9 Å². The summed E-state index contributed by atoms with van der Waals surface area (Å²) in [5.74, 6) is 1.67. The minimum atomic E-state index is 0.522. The zero-order chi connectivity index (χ0) is 14.8. The van der Waals surface area contributed by atoms with Gasteiger partial charge < -0.3 is 10.2 Å². The Hall–Kier alpha value is -0.870. The molecule has 0 saturated heterocycles. The van der Waals surface area contributed by atoms with Crippen molar-refractivity contribution in [2.24, 2.45) is 0 Å². The largest absolute Gasteiger partial charge is 0.370 e. The van der Waals surface area contributed by atoms with Gasteiger partial charge in [-0.25, -0.2) is 9.97 Å². The lowest BCUT2D eigenvalue weighted by atomic mass is 10.3. The molecule has 0 aliphatic rings. The molecule has 0 saturated carbocycles. The smallest absolute Gasteiger partial charge is 0.134 e. The van der Waals surface area contributed by atoms with E-state index in [0.717, 1.165) is 50.5 Å². The molecule has 0 amide bonds. The summed E-state index contributed by atoms with van der Waals surface area (Å²) in [4.78, 5) is 11.1. The summed E-state index contributed by atoms with van der Waals surface area (Å²) in [7, 11) is 0. The molecule has 1 aromatic heterocycles. The highest BCUT2D eigenvalue weighted by atomic mass is 35.5. The number of halogens is 1. The van der Waals surface area contributed by atoms with E-state index in [4.69, 9.17) is 11.6 Å². The Morgan fingerprint density at radius 1 is 1.15 bits per heavy atom. The van der Waals surface area contributed by atoms with E-state index in [1.54, 1.807) is 6.07 Å². The lowest BCUT2D eigenvalue weighted by Gasteiger charge is -2.17. The summed E-state index contributed by atoms with van der Waals surface area (Å²) in [6.45, 7) is 10.9. The molecule has 114 valence electrons. The Balaban J connectivity index is 2.31. The van der Waals surface area contributed by atoms with Crippen LogP contribution in [0.5, 0.6) is 0 Å². The maximum atomic E-state index is 6.01. The van der Waals surface area contributed by atoms with E-state index >= 15 is 0 Å². The van der Waals surface area contributed by atoms with Crippen molar-refractivity contribution in [2.45, 2.75) is 46.5 Å². The monoisotopic (exact) mass is 298 g/mol. The molecule has 0 atom stereocenters. The number of hydrogen-bond donors (Lipinski definition) is 1. The third kappa shape index (κ3) is 6.53. The Kier molecular flexibility index (Phi) is 8.54. The first-order valence-electron chi connectivity index (χ1n) is 7.69. The molecule has 0 aliphatic heterocycles. The van der Waals surface area contributed by atoms with Gasteiger partial charge in [0.1, 0.15) is 16.8 Å². The van der Waals surface area contributed by atoms with Crippen LogP contribution in [-0.2, 0) is 6.42 Å². The molecule has 0 aromatic carbocycles. The molecule has 5 heteroatoms. The van der Waals surface area contributed by atoms with Crippen LogP contribution < -0.4 is 5.32 Å². The number of anilines is 1. The standard InChI is InChI=1S/C15H27ClN4/c1-4-9-14-18-13(16)12-15(19-14)17-10-7-8-11-20(5-2)6-3/h12H,4-11H2,1-3H3,(H,17,18,19). The third-order valence-corrected chi connectivity index (χ3v) is 3.51. The predicted octanol–water partition coefficient (Wildman–Crippen LogP) is 3.62. The summed E-state index contributed by atoms with van der Waals surface area (Å²) in [5, 5.41) is 3.86. The van der Waals surface area contributed by atoms with Gasteiger partial charge in [-0.05, 0) is 38.9 Å². The fourth-order valence-corrected chi connectivity index (χ4v) is 2.31. The van der Waals surface area contributed by atoms with Gasteiger partial charge in [-0.1, -0.05) is 32.4 Å². The van der Waals surface area contributed by atoms with E-state index in [-0.39, 0.29) is 0 Å². The fourth-order valence-electron chi connectivity index (χ4n) is 2.11. The molecular formula is C15H27ClN4. The first-order chi connectivity index (χ1) is 9.69.